The van der Waals surface area contributed by atoms with Gasteiger partial charge in [0.2, 0.25) is 5.95 Å². The van der Waals surface area contributed by atoms with E-state index < -0.39 is 17.4 Å². The lowest BCUT2D eigenvalue weighted by Gasteiger charge is -2.43. The Morgan fingerprint density at radius 3 is 2.67 bits per heavy atom. The quantitative estimate of drug-likeness (QED) is 0.678. The average molecular weight is 407 g/mol. The number of carbonyl (C=O) groups is 1. The SMILES string of the molecule is O=C1NCc2cccc(-c3cnc(NCC4(c5ncccc5F)CC(F)C4)nc3)c21. The van der Waals surface area contributed by atoms with Gasteiger partial charge in [-0.25, -0.2) is 18.7 Å². The van der Waals surface area contributed by atoms with Gasteiger partial charge < -0.3 is 10.6 Å². The van der Waals surface area contributed by atoms with Crippen molar-refractivity contribution in [1.82, 2.24) is 20.3 Å². The summed E-state index contributed by atoms with van der Waals surface area (Å²) in [6.45, 7) is 0.800. The van der Waals surface area contributed by atoms with Crippen LogP contribution in [0.25, 0.3) is 11.1 Å². The van der Waals surface area contributed by atoms with Crippen LogP contribution in [-0.4, -0.2) is 33.6 Å². The van der Waals surface area contributed by atoms with E-state index in [0.717, 1.165) is 16.7 Å². The maximum absolute atomic E-state index is 14.3. The summed E-state index contributed by atoms with van der Waals surface area (Å²) in [6.07, 6.45) is 4.25. The van der Waals surface area contributed by atoms with E-state index in [4.69, 9.17) is 0 Å². The van der Waals surface area contributed by atoms with Crippen LogP contribution < -0.4 is 10.6 Å². The molecule has 30 heavy (non-hydrogen) atoms. The number of benzene rings is 1. The van der Waals surface area contributed by atoms with Gasteiger partial charge in [-0.3, -0.25) is 9.78 Å². The van der Waals surface area contributed by atoms with Gasteiger partial charge in [0.05, 0.1) is 11.3 Å². The number of carbonyl (C=O) groups excluding carboxylic acids is 1. The molecule has 0 unspecified atom stereocenters. The second-order valence-corrected chi connectivity index (χ2v) is 7.79. The first-order valence-electron chi connectivity index (χ1n) is 9.77. The van der Waals surface area contributed by atoms with Crippen LogP contribution in [0.4, 0.5) is 14.7 Å². The molecule has 2 aliphatic rings. The molecule has 1 aliphatic carbocycles. The van der Waals surface area contributed by atoms with Gasteiger partial charge in [0.1, 0.15) is 12.0 Å². The Morgan fingerprint density at radius 1 is 1.13 bits per heavy atom. The molecule has 8 heteroatoms. The van der Waals surface area contributed by atoms with E-state index >= 15 is 0 Å². The third-order valence-corrected chi connectivity index (χ3v) is 5.85. The van der Waals surface area contributed by atoms with Gasteiger partial charge in [0.15, 0.2) is 0 Å². The molecule has 1 fully saturated rings. The van der Waals surface area contributed by atoms with Gasteiger partial charge in [-0.05, 0) is 36.1 Å². The Hall–Kier alpha value is -3.42. The molecule has 152 valence electrons. The molecule has 5 rings (SSSR count). The van der Waals surface area contributed by atoms with E-state index in [9.17, 15) is 13.6 Å². The molecule has 0 atom stereocenters. The van der Waals surface area contributed by atoms with Crippen LogP contribution in [0.3, 0.4) is 0 Å². The number of anilines is 1. The zero-order chi connectivity index (χ0) is 20.7. The van der Waals surface area contributed by atoms with E-state index in [-0.39, 0.29) is 31.0 Å². The minimum Gasteiger partial charge on any atom is -0.353 e. The highest BCUT2D eigenvalue weighted by atomic mass is 19.1. The van der Waals surface area contributed by atoms with Crippen molar-refractivity contribution in [3.63, 3.8) is 0 Å². The van der Waals surface area contributed by atoms with Crippen molar-refractivity contribution in [2.24, 2.45) is 0 Å². The molecule has 0 saturated heterocycles. The molecule has 0 bridgehead atoms. The largest absolute Gasteiger partial charge is 0.353 e. The average Bonchev–Trinajstić information content (AvgIpc) is 3.12. The van der Waals surface area contributed by atoms with Crippen molar-refractivity contribution in [2.45, 2.75) is 31.0 Å². The summed E-state index contributed by atoms with van der Waals surface area (Å²) < 4.78 is 28.0. The second kappa shape index (κ2) is 7.12. The van der Waals surface area contributed by atoms with Gasteiger partial charge in [-0.15, -0.1) is 0 Å². The van der Waals surface area contributed by atoms with Crippen LogP contribution in [0.15, 0.2) is 48.9 Å². The summed E-state index contributed by atoms with van der Waals surface area (Å²) in [7, 11) is 0. The number of nitrogens with zero attached hydrogens (tertiary/aromatic N) is 3. The van der Waals surface area contributed by atoms with Crippen LogP contribution in [0, 0.1) is 5.82 Å². The number of alkyl halides is 1. The van der Waals surface area contributed by atoms with Crippen molar-refractivity contribution >= 4 is 11.9 Å². The number of amides is 1. The van der Waals surface area contributed by atoms with Gasteiger partial charge in [-0.1, -0.05) is 18.2 Å². The standard InChI is InChI=1S/C22H19F2N5O/c23-15-7-22(8-15,19-17(24)5-2-6-25-19)12-29-21-27-10-14(11-28-21)16-4-1-3-13-9-26-20(30)18(13)16/h1-6,10-11,15H,7-9,12H2,(H,26,30)(H,27,28,29). The van der Waals surface area contributed by atoms with E-state index in [2.05, 4.69) is 25.6 Å². The minimum atomic E-state index is -0.970. The Bertz CT molecular complexity index is 1110. The van der Waals surface area contributed by atoms with Crippen molar-refractivity contribution in [1.29, 1.82) is 0 Å². The Kier molecular flexibility index (Phi) is 4.42. The maximum Gasteiger partial charge on any atom is 0.252 e. The number of hydrogen-bond donors (Lipinski definition) is 2. The highest BCUT2D eigenvalue weighted by Gasteiger charge is 2.48. The van der Waals surface area contributed by atoms with E-state index in [1.54, 1.807) is 12.4 Å². The third kappa shape index (κ3) is 3.08. The van der Waals surface area contributed by atoms with Crippen LogP contribution in [0.5, 0.6) is 0 Å². The number of pyridine rings is 1. The lowest BCUT2D eigenvalue weighted by molar-refractivity contribution is 0.0959. The molecule has 2 N–H and O–H groups in total. The fourth-order valence-corrected chi connectivity index (χ4v) is 4.31. The lowest BCUT2D eigenvalue weighted by atomic mass is 9.65. The van der Waals surface area contributed by atoms with Gasteiger partial charge in [0, 0.05) is 42.7 Å². The summed E-state index contributed by atoms with van der Waals surface area (Å²) >= 11 is 0. The van der Waals surface area contributed by atoms with Crippen molar-refractivity contribution in [3.05, 3.63) is 71.6 Å². The summed E-state index contributed by atoms with van der Waals surface area (Å²) in [5, 5.41) is 5.92. The first-order chi connectivity index (χ1) is 14.6. The summed E-state index contributed by atoms with van der Waals surface area (Å²) in [6, 6.07) is 8.55. The van der Waals surface area contributed by atoms with E-state index in [1.165, 1.54) is 18.3 Å². The Labute approximate surface area is 171 Å². The van der Waals surface area contributed by atoms with Crippen molar-refractivity contribution < 1.29 is 13.6 Å². The molecule has 3 heterocycles. The highest BCUT2D eigenvalue weighted by Crippen LogP contribution is 2.45. The minimum absolute atomic E-state index is 0.104. The molecule has 0 spiro atoms. The summed E-state index contributed by atoms with van der Waals surface area (Å²) in [5.41, 5.74) is 2.66. The number of fused-ring (bicyclic) bond motifs is 1. The number of hydrogen-bond acceptors (Lipinski definition) is 5. The van der Waals surface area contributed by atoms with E-state index in [1.807, 2.05) is 18.2 Å². The van der Waals surface area contributed by atoms with Crippen LogP contribution in [0.2, 0.25) is 0 Å². The van der Waals surface area contributed by atoms with Gasteiger partial charge >= 0.3 is 0 Å². The second-order valence-electron chi connectivity index (χ2n) is 7.79. The van der Waals surface area contributed by atoms with E-state index in [0.29, 0.717) is 18.1 Å². The molecular weight excluding hydrogens is 388 g/mol. The predicted octanol–water partition coefficient (Wildman–Crippen LogP) is 3.40. The molecular formula is C22H19F2N5O. The zero-order valence-electron chi connectivity index (χ0n) is 16.0. The first-order valence-corrected chi connectivity index (χ1v) is 9.77. The normalized spacial score (nSPS) is 22.2. The maximum atomic E-state index is 14.3. The molecule has 0 radical (unpaired) electrons. The highest BCUT2D eigenvalue weighted by molar-refractivity contribution is 6.04. The number of aromatic nitrogens is 3. The Balaban J connectivity index is 1.36. The Morgan fingerprint density at radius 2 is 1.93 bits per heavy atom. The molecule has 6 nitrogen and oxygen atoms in total. The third-order valence-electron chi connectivity index (χ3n) is 5.85. The fraction of sp³-hybridized carbons (Fsp3) is 0.273. The van der Waals surface area contributed by atoms with Crippen molar-refractivity contribution in [2.75, 3.05) is 11.9 Å². The van der Waals surface area contributed by atoms with Gasteiger partial charge in [-0.2, -0.15) is 0 Å². The topological polar surface area (TPSA) is 79.8 Å². The summed E-state index contributed by atoms with van der Waals surface area (Å²) in [5.74, 6) is -0.180. The predicted molar refractivity (Wildman–Crippen MR) is 107 cm³/mol. The summed E-state index contributed by atoms with van der Waals surface area (Å²) in [4.78, 5) is 25.0. The monoisotopic (exact) mass is 407 g/mol. The molecule has 3 aromatic rings. The number of nitrogens with one attached hydrogen (secondary N) is 2. The fourth-order valence-electron chi connectivity index (χ4n) is 4.31. The first kappa shape index (κ1) is 18.6. The molecule has 2 aromatic heterocycles. The number of rotatable bonds is 5. The molecule has 1 aromatic carbocycles. The molecule has 1 saturated carbocycles. The van der Waals surface area contributed by atoms with Crippen LogP contribution in [0.1, 0.15) is 34.5 Å². The van der Waals surface area contributed by atoms with Crippen LogP contribution >= 0.6 is 0 Å². The van der Waals surface area contributed by atoms with Crippen molar-refractivity contribution in [3.8, 4) is 11.1 Å². The van der Waals surface area contributed by atoms with Gasteiger partial charge in [0.25, 0.3) is 5.91 Å². The molecule has 1 aliphatic heterocycles. The number of halogens is 2. The zero-order valence-corrected chi connectivity index (χ0v) is 16.0. The molecule has 1 amide bonds. The lowest BCUT2D eigenvalue weighted by Crippen LogP contribution is -2.49. The van der Waals surface area contributed by atoms with Crippen LogP contribution in [-0.2, 0) is 12.0 Å². The smallest absolute Gasteiger partial charge is 0.252 e.